The Morgan fingerprint density at radius 1 is 1.07 bits per heavy atom. The molecule has 1 amide bonds. The van der Waals surface area contributed by atoms with Crippen LogP contribution in [0.4, 0.5) is 0 Å². The Labute approximate surface area is 169 Å². The number of nitrogens with one attached hydrogen (secondary N) is 1. The number of hydrogen-bond acceptors (Lipinski definition) is 4. The van der Waals surface area contributed by atoms with Gasteiger partial charge in [-0.3, -0.25) is 4.79 Å². The maximum atomic E-state index is 12.5. The van der Waals surface area contributed by atoms with E-state index in [9.17, 15) is 4.79 Å². The zero-order chi connectivity index (χ0) is 20.0. The highest BCUT2D eigenvalue weighted by molar-refractivity contribution is 6.30. The lowest BCUT2D eigenvalue weighted by Gasteiger charge is -2.32. The molecule has 1 N–H and O–H groups in total. The molecule has 3 aromatic rings. The van der Waals surface area contributed by atoms with E-state index in [2.05, 4.69) is 46.8 Å². The fourth-order valence-corrected chi connectivity index (χ4v) is 3.50. The monoisotopic (exact) mass is 397 g/mol. The number of halogens is 1. The molecule has 1 aromatic heterocycles. The molecular formula is C21H24ClN5O. The largest absolute Gasteiger partial charge is 0.355 e. The molecule has 28 heavy (non-hydrogen) atoms. The average Bonchev–Trinajstić information content (AvgIpc) is 3.26. The fraction of sp³-hybridized carbons (Fsp3) is 0.333. The minimum absolute atomic E-state index is 0.00964. The van der Waals surface area contributed by atoms with E-state index in [0.29, 0.717) is 13.0 Å². The highest BCUT2D eigenvalue weighted by Crippen LogP contribution is 2.31. The van der Waals surface area contributed by atoms with Crippen LogP contribution in [0.1, 0.15) is 37.8 Å². The quantitative estimate of drug-likeness (QED) is 0.628. The van der Waals surface area contributed by atoms with Gasteiger partial charge in [0.1, 0.15) is 6.33 Å². The molecule has 3 rings (SSSR count). The minimum atomic E-state index is -0.0931. The third-order valence-electron chi connectivity index (χ3n) is 5.35. The van der Waals surface area contributed by atoms with Crippen molar-refractivity contribution >= 4 is 17.5 Å². The molecule has 0 bridgehead atoms. The summed E-state index contributed by atoms with van der Waals surface area (Å²) in [7, 11) is 0. The molecule has 0 aliphatic heterocycles. The maximum absolute atomic E-state index is 12.5. The standard InChI is InChI=1S/C21H24ClN5O/c1-3-21(4-2,17-7-9-18(22)10-8-17)14-23-20(28)13-16-5-11-19(12-6-16)27-15-24-25-26-27/h5-12,15H,3-4,13-14H2,1-2H3,(H,23,28). The second-order valence-corrected chi connectivity index (χ2v) is 7.31. The summed E-state index contributed by atoms with van der Waals surface area (Å²) in [5.41, 5.74) is 2.91. The smallest absolute Gasteiger partial charge is 0.224 e. The first-order valence-corrected chi connectivity index (χ1v) is 9.79. The van der Waals surface area contributed by atoms with Crippen LogP contribution in [-0.4, -0.2) is 32.7 Å². The summed E-state index contributed by atoms with van der Waals surface area (Å²) in [4.78, 5) is 12.5. The SMILES string of the molecule is CCC(CC)(CNC(=O)Cc1ccc(-n2cnnn2)cc1)c1ccc(Cl)cc1. The normalized spacial score (nSPS) is 11.4. The molecule has 0 spiro atoms. The van der Waals surface area contributed by atoms with Crippen molar-refractivity contribution < 1.29 is 4.79 Å². The number of rotatable bonds is 8. The Hall–Kier alpha value is -2.73. The molecule has 6 nitrogen and oxygen atoms in total. The lowest BCUT2D eigenvalue weighted by atomic mass is 9.76. The highest BCUT2D eigenvalue weighted by Gasteiger charge is 2.28. The highest BCUT2D eigenvalue weighted by atomic mass is 35.5. The third-order valence-corrected chi connectivity index (χ3v) is 5.60. The molecule has 0 fully saturated rings. The molecule has 0 aliphatic rings. The van der Waals surface area contributed by atoms with Crippen LogP contribution in [0.25, 0.3) is 5.69 Å². The van der Waals surface area contributed by atoms with E-state index in [-0.39, 0.29) is 11.3 Å². The molecular weight excluding hydrogens is 374 g/mol. The van der Waals surface area contributed by atoms with E-state index in [4.69, 9.17) is 11.6 Å². The predicted molar refractivity (Wildman–Crippen MR) is 110 cm³/mol. The third kappa shape index (κ3) is 4.57. The molecule has 0 atom stereocenters. The molecule has 0 saturated carbocycles. The first kappa shape index (κ1) is 20.0. The summed E-state index contributed by atoms with van der Waals surface area (Å²) < 4.78 is 1.58. The number of carbonyl (C=O) groups is 1. The molecule has 7 heteroatoms. The summed E-state index contributed by atoms with van der Waals surface area (Å²) >= 11 is 6.03. The van der Waals surface area contributed by atoms with Gasteiger partial charge in [-0.1, -0.05) is 49.7 Å². The van der Waals surface area contributed by atoms with Crippen molar-refractivity contribution in [3.63, 3.8) is 0 Å². The van der Waals surface area contributed by atoms with E-state index in [1.54, 1.807) is 4.68 Å². The van der Waals surface area contributed by atoms with Crippen LogP contribution in [-0.2, 0) is 16.6 Å². The number of carbonyl (C=O) groups excluding carboxylic acids is 1. The van der Waals surface area contributed by atoms with Gasteiger partial charge in [-0.05, 0) is 58.7 Å². The zero-order valence-corrected chi connectivity index (χ0v) is 16.9. The number of benzene rings is 2. The van der Waals surface area contributed by atoms with Crippen LogP contribution in [0, 0.1) is 0 Å². The van der Waals surface area contributed by atoms with Crippen molar-refractivity contribution in [2.24, 2.45) is 0 Å². The Morgan fingerprint density at radius 3 is 2.32 bits per heavy atom. The first-order chi connectivity index (χ1) is 13.6. The number of amides is 1. The Bertz CT molecular complexity index is 888. The van der Waals surface area contributed by atoms with Crippen LogP contribution in [0.2, 0.25) is 5.02 Å². The molecule has 2 aromatic carbocycles. The number of hydrogen-bond donors (Lipinski definition) is 1. The first-order valence-electron chi connectivity index (χ1n) is 9.41. The van der Waals surface area contributed by atoms with Gasteiger partial charge in [-0.15, -0.1) is 5.10 Å². The van der Waals surface area contributed by atoms with E-state index in [1.165, 1.54) is 11.9 Å². The summed E-state index contributed by atoms with van der Waals surface area (Å²) in [6.45, 7) is 4.91. The van der Waals surface area contributed by atoms with Gasteiger partial charge in [0.2, 0.25) is 5.91 Å². The zero-order valence-electron chi connectivity index (χ0n) is 16.1. The van der Waals surface area contributed by atoms with E-state index in [0.717, 1.165) is 29.1 Å². The van der Waals surface area contributed by atoms with Gasteiger partial charge in [0, 0.05) is 17.0 Å². The molecule has 0 unspecified atom stereocenters. The lowest BCUT2D eigenvalue weighted by Crippen LogP contribution is -2.40. The molecule has 146 valence electrons. The Balaban J connectivity index is 1.62. The van der Waals surface area contributed by atoms with Gasteiger partial charge < -0.3 is 5.32 Å². The van der Waals surface area contributed by atoms with E-state index >= 15 is 0 Å². The molecule has 0 radical (unpaired) electrons. The topological polar surface area (TPSA) is 72.7 Å². The van der Waals surface area contributed by atoms with Crippen LogP contribution in [0.15, 0.2) is 54.9 Å². The predicted octanol–water partition coefficient (Wildman–Crippen LogP) is 3.73. The van der Waals surface area contributed by atoms with Gasteiger partial charge in [-0.25, -0.2) is 4.68 Å². The van der Waals surface area contributed by atoms with E-state index < -0.39 is 0 Å². The van der Waals surface area contributed by atoms with Gasteiger partial charge in [-0.2, -0.15) is 0 Å². The Kier molecular flexibility index (Phi) is 6.41. The molecule has 0 aliphatic carbocycles. The summed E-state index contributed by atoms with van der Waals surface area (Å²) in [6, 6.07) is 15.6. The molecule has 1 heterocycles. The second kappa shape index (κ2) is 8.97. The van der Waals surface area contributed by atoms with Crippen molar-refractivity contribution in [1.82, 2.24) is 25.5 Å². The van der Waals surface area contributed by atoms with Gasteiger partial charge in [0.25, 0.3) is 0 Å². The van der Waals surface area contributed by atoms with Crippen LogP contribution in [0.5, 0.6) is 0 Å². The number of aromatic nitrogens is 4. The summed E-state index contributed by atoms with van der Waals surface area (Å²) in [5, 5.41) is 14.9. The summed E-state index contributed by atoms with van der Waals surface area (Å²) in [6.07, 6.45) is 3.74. The van der Waals surface area contributed by atoms with Crippen LogP contribution < -0.4 is 5.32 Å². The van der Waals surface area contributed by atoms with Gasteiger partial charge in [0.05, 0.1) is 12.1 Å². The molecule has 0 saturated heterocycles. The Morgan fingerprint density at radius 2 is 1.75 bits per heavy atom. The van der Waals surface area contributed by atoms with Crippen molar-refractivity contribution in [3.8, 4) is 5.69 Å². The van der Waals surface area contributed by atoms with Crippen molar-refractivity contribution in [2.45, 2.75) is 38.5 Å². The van der Waals surface area contributed by atoms with Crippen LogP contribution in [0.3, 0.4) is 0 Å². The number of nitrogens with zero attached hydrogens (tertiary/aromatic N) is 4. The average molecular weight is 398 g/mol. The van der Waals surface area contributed by atoms with Crippen molar-refractivity contribution in [3.05, 3.63) is 71.0 Å². The summed E-state index contributed by atoms with van der Waals surface area (Å²) in [5.74, 6) is 0.00964. The van der Waals surface area contributed by atoms with E-state index in [1.807, 2.05) is 36.4 Å². The van der Waals surface area contributed by atoms with Crippen molar-refractivity contribution in [1.29, 1.82) is 0 Å². The van der Waals surface area contributed by atoms with Crippen LogP contribution >= 0.6 is 11.6 Å². The lowest BCUT2D eigenvalue weighted by molar-refractivity contribution is -0.120. The maximum Gasteiger partial charge on any atom is 0.224 e. The fourth-order valence-electron chi connectivity index (χ4n) is 3.38. The minimum Gasteiger partial charge on any atom is -0.355 e. The van der Waals surface area contributed by atoms with Crippen molar-refractivity contribution in [2.75, 3.05) is 6.54 Å². The van der Waals surface area contributed by atoms with Gasteiger partial charge in [0.15, 0.2) is 0 Å². The van der Waals surface area contributed by atoms with Gasteiger partial charge >= 0.3 is 0 Å². The second-order valence-electron chi connectivity index (χ2n) is 6.87. The number of tetrazole rings is 1.